The van der Waals surface area contributed by atoms with E-state index in [1.807, 2.05) is 6.92 Å². The van der Waals surface area contributed by atoms with Gasteiger partial charge in [-0.15, -0.1) is 0 Å². The van der Waals surface area contributed by atoms with E-state index in [1.54, 1.807) is 0 Å². The monoisotopic (exact) mass is 262 g/mol. The van der Waals surface area contributed by atoms with Gasteiger partial charge in [0.1, 0.15) is 5.75 Å². The Hall–Kier alpha value is -0.728. The third-order valence-electron chi connectivity index (χ3n) is 1.54. The van der Waals surface area contributed by atoms with Gasteiger partial charge in [-0.25, -0.2) is 4.79 Å². The van der Waals surface area contributed by atoms with Crippen LogP contribution < -0.4 is 0 Å². The molecule has 0 atom stereocenters. The summed E-state index contributed by atoms with van der Waals surface area (Å²) < 4.78 is 11.4. The van der Waals surface area contributed by atoms with Gasteiger partial charge in [-0.2, -0.15) is 0 Å². The normalized spacial score (nSPS) is 8.19. The van der Waals surface area contributed by atoms with Crippen molar-refractivity contribution < 1.29 is 19.3 Å². The Morgan fingerprint density at radius 1 is 1.31 bits per heavy atom. The minimum absolute atomic E-state index is 0. The van der Waals surface area contributed by atoms with E-state index < -0.39 is 0 Å². The van der Waals surface area contributed by atoms with Gasteiger partial charge in [0.15, 0.2) is 17.4 Å². The number of ether oxygens (including phenoxy) is 1. The number of aromatic hydroxyl groups is 1. The van der Waals surface area contributed by atoms with Gasteiger partial charge in [0.05, 0.1) is 24.0 Å². The Morgan fingerprint density at radius 3 is 2.25 bits per heavy atom. The zero-order valence-electron chi connectivity index (χ0n) is 8.31. The molecule has 0 spiro atoms. The molecule has 0 radical (unpaired) electrons. The maximum absolute atomic E-state index is 11.2. The molecule has 1 aromatic rings. The Balaban J connectivity index is 0. The van der Waals surface area contributed by atoms with Gasteiger partial charge in [0.25, 0.3) is 0 Å². The molecule has 0 amide bonds. The van der Waals surface area contributed by atoms with Crippen molar-refractivity contribution in [3.8, 4) is 5.75 Å². The Kier molecular flexibility index (Phi) is 11.9. The second-order valence-corrected chi connectivity index (χ2v) is 2.68. The highest BCUT2D eigenvalue weighted by Gasteiger charge is 2.05. The maximum atomic E-state index is 11.2. The quantitative estimate of drug-likeness (QED) is 0.628. The second kappa shape index (κ2) is 10.8. The van der Waals surface area contributed by atoms with E-state index in [2.05, 4.69) is 11.9 Å². The molecule has 0 aromatic heterocycles. The summed E-state index contributed by atoms with van der Waals surface area (Å²) in [6, 6.07) is 5.99. The van der Waals surface area contributed by atoms with Gasteiger partial charge in [0.2, 0.25) is 0 Å². The molecule has 16 heavy (non-hydrogen) atoms. The van der Waals surface area contributed by atoms with Crippen LogP contribution in [0.5, 0.6) is 5.75 Å². The van der Waals surface area contributed by atoms with E-state index in [-0.39, 0.29) is 29.1 Å². The zero-order valence-corrected chi connectivity index (χ0v) is 9.07. The van der Waals surface area contributed by atoms with Crippen LogP contribution in [0.3, 0.4) is 0 Å². The molecule has 0 aliphatic heterocycles. The molecule has 2 N–H and O–H groups in total. The van der Waals surface area contributed by atoms with E-state index in [1.165, 1.54) is 24.3 Å². The highest BCUT2D eigenvalue weighted by molar-refractivity contribution is 6.04. The van der Waals surface area contributed by atoms with Crippen LogP contribution in [0.15, 0.2) is 24.3 Å². The lowest BCUT2D eigenvalue weighted by molar-refractivity contribution is 0.0505. The Labute approximate surface area is 110 Å². The summed E-state index contributed by atoms with van der Waals surface area (Å²) in [7, 11) is 0. The number of benzene rings is 1. The lowest BCUT2D eigenvalue weighted by atomic mass is 10.2. The van der Waals surface area contributed by atoms with E-state index in [9.17, 15) is 4.79 Å². The highest BCUT2D eigenvalue weighted by atomic mass is 35.5. The molecule has 90 valence electrons. The first-order valence-corrected chi connectivity index (χ1v) is 4.71. The fourth-order valence-electron chi connectivity index (χ4n) is 0.876. The number of rotatable bonds is 3. The van der Waals surface area contributed by atoms with Crippen molar-refractivity contribution >= 4 is 35.2 Å². The summed E-state index contributed by atoms with van der Waals surface area (Å²) in [5.41, 5.74) is 0.464. The standard InChI is InChI=1S/C10H12O3.Al.ClHO.3H/c1-2-7-13-10(12)8-3-5-9(11)6-4-8;;1-2;;;/h3-6,11H,2,7H2,1H3;;2H;;;. The first kappa shape index (κ1) is 17.7. The van der Waals surface area contributed by atoms with Crippen LogP contribution in [0.1, 0.15) is 23.7 Å². The van der Waals surface area contributed by atoms with Crippen LogP contribution in [-0.4, -0.2) is 39.7 Å². The van der Waals surface area contributed by atoms with Crippen molar-refractivity contribution in [2.45, 2.75) is 13.3 Å². The first-order chi connectivity index (χ1) is 7.24. The summed E-state index contributed by atoms with van der Waals surface area (Å²) in [5.74, 6) is -0.200. The van der Waals surface area contributed by atoms with E-state index >= 15 is 0 Å². The number of carbonyl (C=O) groups excluding carboxylic acids is 1. The van der Waals surface area contributed by atoms with Crippen molar-refractivity contribution in [3.05, 3.63) is 29.8 Å². The van der Waals surface area contributed by atoms with Gasteiger partial charge in [-0.3, -0.25) is 4.66 Å². The molecule has 1 rings (SSSR count). The van der Waals surface area contributed by atoms with Crippen molar-refractivity contribution in [1.82, 2.24) is 0 Å². The van der Waals surface area contributed by atoms with Gasteiger partial charge in [-0.05, 0) is 30.7 Å². The molecule has 0 saturated carbocycles. The molecule has 1 aromatic carbocycles. The van der Waals surface area contributed by atoms with Gasteiger partial charge < -0.3 is 9.84 Å². The zero-order chi connectivity index (χ0) is 11.7. The SMILES string of the molecule is CCCOC(=O)c1ccc(O)cc1.OCl.[AlH3]. The topological polar surface area (TPSA) is 66.8 Å². The average Bonchev–Trinajstić information content (AvgIpc) is 2.29. The second-order valence-electron chi connectivity index (χ2n) is 2.68. The van der Waals surface area contributed by atoms with E-state index in [4.69, 9.17) is 14.5 Å². The van der Waals surface area contributed by atoms with Crippen LogP contribution in [-0.2, 0) is 4.74 Å². The number of halogens is 1. The Morgan fingerprint density at radius 2 is 1.81 bits per heavy atom. The molecule has 0 unspecified atom stereocenters. The third-order valence-corrected chi connectivity index (χ3v) is 1.54. The molecule has 0 fully saturated rings. The van der Waals surface area contributed by atoms with Gasteiger partial charge in [-0.1, -0.05) is 6.92 Å². The number of hydrogen-bond donors (Lipinski definition) is 2. The number of esters is 1. The molecular weight excluding hydrogens is 247 g/mol. The molecular formula is C10H16AlClO4. The molecule has 4 nitrogen and oxygen atoms in total. The third kappa shape index (κ3) is 6.70. The van der Waals surface area contributed by atoms with Crippen LogP contribution in [0.25, 0.3) is 0 Å². The summed E-state index contributed by atoms with van der Waals surface area (Å²) in [5, 5.41) is 8.96. The predicted molar refractivity (Wildman–Crippen MR) is 66.7 cm³/mol. The summed E-state index contributed by atoms with van der Waals surface area (Å²) in [6.45, 7) is 2.36. The number of hydrogen-bond acceptors (Lipinski definition) is 4. The van der Waals surface area contributed by atoms with Crippen LogP contribution in [0.2, 0.25) is 0 Å². The largest absolute Gasteiger partial charge is 0.508 e. The van der Waals surface area contributed by atoms with Gasteiger partial charge >= 0.3 is 5.97 Å². The predicted octanol–water partition coefficient (Wildman–Crippen LogP) is 0.908. The number of carbonyl (C=O) groups is 1. The van der Waals surface area contributed by atoms with E-state index in [0.717, 1.165) is 6.42 Å². The lowest BCUT2D eigenvalue weighted by Crippen LogP contribution is -2.05. The Bertz CT molecular complexity index is 289. The molecule has 0 heterocycles. The van der Waals surface area contributed by atoms with Crippen molar-refractivity contribution in [1.29, 1.82) is 0 Å². The van der Waals surface area contributed by atoms with Crippen LogP contribution in [0, 0.1) is 0 Å². The van der Waals surface area contributed by atoms with Crippen LogP contribution in [0.4, 0.5) is 0 Å². The summed E-state index contributed by atoms with van der Waals surface area (Å²) >= 11 is 3.64. The smallest absolute Gasteiger partial charge is 0.338 e. The first-order valence-electron chi connectivity index (χ1n) is 4.37. The summed E-state index contributed by atoms with van der Waals surface area (Å²) in [4.78, 5) is 11.2. The van der Waals surface area contributed by atoms with Crippen molar-refractivity contribution in [2.75, 3.05) is 6.61 Å². The number of phenolic OH excluding ortho intramolecular Hbond substituents is 1. The molecule has 0 aliphatic rings. The fourth-order valence-corrected chi connectivity index (χ4v) is 0.876. The molecule has 0 bridgehead atoms. The van der Waals surface area contributed by atoms with Gasteiger partial charge in [0, 0.05) is 0 Å². The number of phenols is 1. The maximum Gasteiger partial charge on any atom is 0.338 e. The molecule has 6 heteroatoms. The molecule has 0 saturated heterocycles. The van der Waals surface area contributed by atoms with Crippen LogP contribution >= 0.6 is 11.9 Å². The molecule has 0 aliphatic carbocycles. The minimum atomic E-state index is -0.346. The van der Waals surface area contributed by atoms with E-state index in [0.29, 0.717) is 12.2 Å². The lowest BCUT2D eigenvalue weighted by Gasteiger charge is -2.02. The fraction of sp³-hybridized carbons (Fsp3) is 0.300. The highest BCUT2D eigenvalue weighted by Crippen LogP contribution is 2.10. The van der Waals surface area contributed by atoms with Crippen molar-refractivity contribution in [2.24, 2.45) is 0 Å². The minimum Gasteiger partial charge on any atom is -0.508 e. The summed E-state index contributed by atoms with van der Waals surface area (Å²) in [6.07, 6.45) is 0.809. The average molecular weight is 263 g/mol. The van der Waals surface area contributed by atoms with Crippen molar-refractivity contribution in [3.63, 3.8) is 0 Å².